The van der Waals surface area contributed by atoms with Crippen LogP contribution >= 0.6 is 11.8 Å². The van der Waals surface area contributed by atoms with Gasteiger partial charge in [0, 0.05) is 47.2 Å². The number of thioether (sulfide) groups is 1. The van der Waals surface area contributed by atoms with E-state index >= 15 is 0 Å². The number of fused-ring (bicyclic) bond motifs is 9. The number of ether oxygens (including phenoxy) is 5. The second-order valence-electron chi connectivity index (χ2n) is 12.3. The minimum Gasteiger partial charge on any atom is -0.507 e. The highest BCUT2D eigenvalue weighted by Crippen LogP contribution is 2.63. The number of methoxy groups -OCH3 is 1. The molecule has 5 aliphatic rings. The molecule has 228 valence electrons. The molecule has 0 amide bonds. The summed E-state index contributed by atoms with van der Waals surface area (Å²) in [4.78, 5) is 17.6. The van der Waals surface area contributed by atoms with Crippen LogP contribution < -0.4 is 14.2 Å². The van der Waals surface area contributed by atoms with Gasteiger partial charge in [-0.3, -0.25) is 14.6 Å². The van der Waals surface area contributed by atoms with Gasteiger partial charge in [-0.05, 0) is 50.9 Å². The highest BCUT2D eigenvalue weighted by atomic mass is 32.2. The molecule has 5 aliphatic heterocycles. The van der Waals surface area contributed by atoms with E-state index in [0.29, 0.717) is 29.2 Å². The Kier molecular flexibility index (Phi) is 6.97. The first kappa shape index (κ1) is 28.6. The van der Waals surface area contributed by atoms with Crippen molar-refractivity contribution in [1.82, 2.24) is 9.80 Å². The van der Waals surface area contributed by atoms with Gasteiger partial charge >= 0.3 is 5.97 Å². The van der Waals surface area contributed by atoms with Gasteiger partial charge < -0.3 is 28.8 Å². The first-order valence-electron chi connectivity index (χ1n) is 14.8. The van der Waals surface area contributed by atoms with Crippen LogP contribution in [-0.2, 0) is 20.7 Å². The molecular weight excluding hydrogens is 570 g/mol. The zero-order valence-corrected chi connectivity index (χ0v) is 26.1. The zero-order valence-electron chi connectivity index (χ0n) is 25.3. The Balaban J connectivity index is 1.53. The van der Waals surface area contributed by atoms with E-state index in [-0.39, 0.29) is 61.2 Å². The molecule has 10 nitrogen and oxygen atoms in total. The number of nitriles is 1. The molecule has 2 aromatic carbocycles. The van der Waals surface area contributed by atoms with Crippen LogP contribution in [0.3, 0.4) is 0 Å². The maximum Gasteiger partial charge on any atom is 0.309 e. The van der Waals surface area contributed by atoms with Gasteiger partial charge in [-0.25, -0.2) is 0 Å². The molecule has 43 heavy (non-hydrogen) atoms. The molecule has 4 bridgehead atoms. The van der Waals surface area contributed by atoms with Crippen LogP contribution in [0.1, 0.15) is 63.2 Å². The number of benzene rings is 2. The number of aromatic hydroxyl groups is 1. The molecule has 0 aromatic heterocycles. The minimum absolute atomic E-state index is 0.0382. The smallest absolute Gasteiger partial charge is 0.309 e. The molecule has 0 radical (unpaired) electrons. The van der Waals surface area contributed by atoms with Crippen molar-refractivity contribution in [3.05, 3.63) is 45.0 Å². The summed E-state index contributed by atoms with van der Waals surface area (Å²) in [5.74, 6) is 1.96. The molecule has 5 heterocycles. The fraction of sp³-hybridized carbons (Fsp3) is 0.562. The van der Waals surface area contributed by atoms with E-state index in [1.807, 2.05) is 13.8 Å². The van der Waals surface area contributed by atoms with Crippen molar-refractivity contribution in [3.63, 3.8) is 0 Å². The van der Waals surface area contributed by atoms with Gasteiger partial charge in [0.05, 0.1) is 29.3 Å². The molecule has 2 aromatic rings. The maximum absolute atomic E-state index is 13.1. The molecule has 0 spiro atoms. The number of hydrogen-bond donors (Lipinski definition) is 1. The van der Waals surface area contributed by atoms with E-state index in [9.17, 15) is 15.2 Å². The number of nitrogens with zero attached hydrogens (tertiary/aromatic N) is 3. The molecule has 2 saturated heterocycles. The lowest BCUT2D eigenvalue weighted by atomic mass is 9.71. The van der Waals surface area contributed by atoms with E-state index in [4.69, 9.17) is 23.7 Å². The van der Waals surface area contributed by atoms with Crippen molar-refractivity contribution < 1.29 is 33.6 Å². The largest absolute Gasteiger partial charge is 0.507 e. The predicted octanol–water partition coefficient (Wildman–Crippen LogP) is 4.22. The topological polar surface area (TPSA) is 114 Å². The summed E-state index contributed by atoms with van der Waals surface area (Å²) in [6.07, 6.45) is 0.666. The summed E-state index contributed by atoms with van der Waals surface area (Å²) in [5.41, 5.74) is 6.62. The third kappa shape index (κ3) is 3.99. The lowest BCUT2D eigenvalue weighted by molar-refractivity contribution is -0.153. The van der Waals surface area contributed by atoms with Gasteiger partial charge in [0.25, 0.3) is 0 Å². The number of rotatable bonds is 3. The van der Waals surface area contributed by atoms with E-state index < -0.39 is 12.1 Å². The van der Waals surface area contributed by atoms with Gasteiger partial charge in [0.15, 0.2) is 18.3 Å². The number of carbonyl (C=O) groups excluding carboxylic acids is 1. The molecule has 2 fully saturated rings. The Morgan fingerprint density at radius 2 is 1.91 bits per heavy atom. The van der Waals surface area contributed by atoms with Gasteiger partial charge in [-0.1, -0.05) is 13.0 Å². The van der Waals surface area contributed by atoms with Crippen LogP contribution in [0.4, 0.5) is 0 Å². The Hall–Kier alpha value is -3.17. The minimum atomic E-state index is -0.521. The number of cyclic esters (lactones) is 1. The molecule has 11 heteroatoms. The standard InChI is InChI=1S/C32H37N3O7S/c1-14-7-18-8-19-20(9-33)35-21-10-39-32(37)15(2)11-43-31(24-23(21)30-29(41-13-42-30)17(4)27(24)36)26(35)25(34(19)5)22(18)28(16(14)3)40-12-38-6/h7,15,19-21,25-26,31,36H,8,10-13H2,1-6H3/t15?,19-,20-,21-,25+,26?,31+/m0/s1. The number of phenols is 1. The van der Waals surface area contributed by atoms with Crippen molar-refractivity contribution in [1.29, 1.82) is 5.26 Å². The second-order valence-corrected chi connectivity index (χ2v) is 13.5. The highest BCUT2D eigenvalue weighted by molar-refractivity contribution is 7.99. The van der Waals surface area contributed by atoms with Crippen molar-refractivity contribution in [2.45, 2.75) is 69.6 Å². The summed E-state index contributed by atoms with van der Waals surface area (Å²) in [7, 11) is 3.71. The Morgan fingerprint density at radius 1 is 1.14 bits per heavy atom. The molecule has 7 rings (SSSR count). The Bertz CT molecular complexity index is 1560. The average molecular weight is 608 g/mol. The van der Waals surface area contributed by atoms with Crippen molar-refractivity contribution in [2.24, 2.45) is 5.92 Å². The molecule has 7 atom stereocenters. The van der Waals surface area contributed by atoms with Crippen molar-refractivity contribution in [3.8, 4) is 29.1 Å². The number of likely N-dealkylation sites (N-methyl/N-ethyl adjacent to an activating group) is 1. The fourth-order valence-corrected chi connectivity index (χ4v) is 9.47. The number of phenolic OH excluding ortho intramolecular Hbond substituents is 1. The second kappa shape index (κ2) is 10.5. The molecule has 0 saturated carbocycles. The van der Waals surface area contributed by atoms with Gasteiger partial charge in [0.1, 0.15) is 24.1 Å². The normalized spacial score (nSPS) is 31.0. The van der Waals surface area contributed by atoms with Crippen LogP contribution in [0, 0.1) is 38.0 Å². The zero-order chi connectivity index (χ0) is 30.3. The molecule has 2 unspecified atom stereocenters. The van der Waals surface area contributed by atoms with E-state index in [1.54, 1.807) is 18.9 Å². The summed E-state index contributed by atoms with van der Waals surface area (Å²) in [5, 5.41) is 22.4. The van der Waals surface area contributed by atoms with Gasteiger partial charge in [-0.15, -0.1) is 0 Å². The quantitative estimate of drug-likeness (QED) is 0.400. The van der Waals surface area contributed by atoms with Crippen LogP contribution in [-0.4, -0.2) is 79.1 Å². The molecule has 0 aliphatic carbocycles. The molecule has 1 N–H and O–H groups in total. The van der Waals surface area contributed by atoms with Gasteiger partial charge in [0.2, 0.25) is 6.79 Å². The monoisotopic (exact) mass is 607 g/mol. The van der Waals surface area contributed by atoms with Crippen LogP contribution in [0.25, 0.3) is 0 Å². The number of aryl methyl sites for hydroxylation is 1. The maximum atomic E-state index is 13.1. The number of esters is 1. The Morgan fingerprint density at radius 3 is 2.65 bits per heavy atom. The lowest BCUT2D eigenvalue weighted by Gasteiger charge is -2.61. The van der Waals surface area contributed by atoms with E-state index in [2.05, 4.69) is 42.8 Å². The first-order chi connectivity index (χ1) is 20.7. The molecular formula is C32H37N3O7S. The van der Waals surface area contributed by atoms with E-state index in [0.717, 1.165) is 33.6 Å². The third-order valence-electron chi connectivity index (χ3n) is 10.1. The first-order valence-corrected chi connectivity index (χ1v) is 15.8. The van der Waals surface area contributed by atoms with Crippen molar-refractivity contribution >= 4 is 17.7 Å². The average Bonchev–Trinajstić information content (AvgIpc) is 3.48. The van der Waals surface area contributed by atoms with Crippen molar-refractivity contribution in [2.75, 3.05) is 40.1 Å². The predicted molar refractivity (Wildman–Crippen MR) is 158 cm³/mol. The lowest BCUT2D eigenvalue weighted by Crippen LogP contribution is -2.69. The fourth-order valence-electron chi connectivity index (χ4n) is 7.95. The Labute approximate surface area is 255 Å². The summed E-state index contributed by atoms with van der Waals surface area (Å²) in [6, 6.07) is 3.32. The van der Waals surface area contributed by atoms with E-state index in [1.165, 1.54) is 5.56 Å². The number of hydrogen-bond acceptors (Lipinski definition) is 11. The van der Waals surface area contributed by atoms with Crippen LogP contribution in [0.2, 0.25) is 0 Å². The third-order valence-corrected chi connectivity index (χ3v) is 11.7. The summed E-state index contributed by atoms with van der Waals surface area (Å²) in [6.45, 7) is 8.09. The highest BCUT2D eigenvalue weighted by Gasteiger charge is 2.60. The van der Waals surface area contributed by atoms with Crippen LogP contribution in [0.5, 0.6) is 23.0 Å². The van der Waals surface area contributed by atoms with Crippen LogP contribution in [0.15, 0.2) is 6.07 Å². The SMILES string of the molecule is COCOc1c(C)c(C)cc2c1[C@@H]1C3[C@@H]4SCC(C)C(=O)OC[C@@H](c5c6c(c(C)c(O)c54)OCO6)N3[C@@H](C#N)[C@H](C2)N1C. The summed E-state index contributed by atoms with van der Waals surface area (Å²) >= 11 is 1.63. The number of carbonyl (C=O) groups is 1. The van der Waals surface area contributed by atoms with Gasteiger partial charge in [-0.2, -0.15) is 17.0 Å². The summed E-state index contributed by atoms with van der Waals surface area (Å²) < 4.78 is 29.6. The number of piperazine rings is 1.